The highest BCUT2D eigenvalue weighted by Gasteiger charge is 2.14. The van der Waals surface area contributed by atoms with Gasteiger partial charge in [-0.05, 0) is 30.7 Å². The molecule has 0 aliphatic carbocycles. The smallest absolute Gasteiger partial charge is 0.230 e. The zero-order chi connectivity index (χ0) is 14.0. The molecule has 1 aromatic carbocycles. The van der Waals surface area contributed by atoms with Crippen molar-refractivity contribution in [1.82, 2.24) is 4.98 Å². The quantitative estimate of drug-likeness (QED) is 0.660. The van der Waals surface area contributed by atoms with E-state index in [1.165, 1.54) is 6.20 Å². The van der Waals surface area contributed by atoms with Crippen molar-refractivity contribution in [3.05, 3.63) is 53.2 Å². The molecule has 6 heteroatoms. The largest absolute Gasteiger partial charge is 0.435 e. The number of aromatic nitrogens is 1. The van der Waals surface area contributed by atoms with Gasteiger partial charge in [0.05, 0.1) is 5.56 Å². The van der Waals surface area contributed by atoms with Crippen molar-refractivity contribution in [3.8, 4) is 11.6 Å². The van der Waals surface area contributed by atoms with Gasteiger partial charge in [0.2, 0.25) is 5.88 Å². The van der Waals surface area contributed by atoms with Crippen molar-refractivity contribution in [2.45, 2.75) is 6.92 Å². The molecule has 0 atom stereocenters. The lowest BCUT2D eigenvalue weighted by molar-refractivity contribution is 0.421. The van der Waals surface area contributed by atoms with Gasteiger partial charge in [0.1, 0.15) is 11.7 Å². The predicted molar refractivity (Wildman–Crippen MR) is 66.4 cm³/mol. The number of hydrogen-bond donors (Lipinski definition) is 2. The van der Waals surface area contributed by atoms with E-state index in [0.29, 0.717) is 5.56 Å². The number of pyridine rings is 1. The Bertz CT molecular complexity index is 644. The molecular weight excluding hydrogens is 252 g/mol. The first kappa shape index (κ1) is 12.9. The minimum atomic E-state index is -0.723. The summed E-state index contributed by atoms with van der Waals surface area (Å²) in [6, 6.07) is 4.49. The van der Waals surface area contributed by atoms with E-state index in [9.17, 15) is 8.78 Å². The van der Waals surface area contributed by atoms with E-state index in [-0.39, 0.29) is 23.0 Å². The second-order valence-electron chi connectivity index (χ2n) is 3.90. The number of aryl methyl sites for hydroxylation is 1. The molecule has 4 nitrogen and oxygen atoms in total. The molecule has 0 unspecified atom stereocenters. The number of nitrogens with zero attached hydrogens (tertiary/aromatic N) is 1. The van der Waals surface area contributed by atoms with E-state index < -0.39 is 11.6 Å². The molecule has 19 heavy (non-hydrogen) atoms. The number of nitrogen functional groups attached to an aromatic ring is 1. The summed E-state index contributed by atoms with van der Waals surface area (Å²) in [6.07, 6.45) is 1.44. The van der Waals surface area contributed by atoms with Crippen LogP contribution in [0.4, 0.5) is 8.78 Å². The average Bonchev–Trinajstić information content (AvgIpc) is 2.33. The van der Waals surface area contributed by atoms with Gasteiger partial charge in [0.15, 0.2) is 11.6 Å². The number of benzene rings is 1. The summed E-state index contributed by atoms with van der Waals surface area (Å²) in [6.45, 7) is 1.72. The van der Waals surface area contributed by atoms with Crippen molar-refractivity contribution in [2.75, 3.05) is 0 Å². The van der Waals surface area contributed by atoms with Crippen molar-refractivity contribution in [2.24, 2.45) is 5.73 Å². The molecule has 3 N–H and O–H groups in total. The summed E-state index contributed by atoms with van der Waals surface area (Å²) in [5.74, 6) is -1.94. The van der Waals surface area contributed by atoms with Crippen LogP contribution in [0.3, 0.4) is 0 Å². The highest BCUT2D eigenvalue weighted by Crippen LogP contribution is 2.27. The second-order valence-corrected chi connectivity index (χ2v) is 3.90. The monoisotopic (exact) mass is 263 g/mol. The van der Waals surface area contributed by atoms with E-state index in [1.54, 1.807) is 13.0 Å². The molecule has 0 fully saturated rings. The molecule has 2 rings (SSSR count). The van der Waals surface area contributed by atoms with Gasteiger partial charge in [-0.1, -0.05) is 0 Å². The van der Waals surface area contributed by atoms with Crippen LogP contribution in [0, 0.1) is 24.0 Å². The van der Waals surface area contributed by atoms with Gasteiger partial charge in [-0.15, -0.1) is 0 Å². The normalized spacial score (nSPS) is 10.3. The van der Waals surface area contributed by atoms with Gasteiger partial charge in [0, 0.05) is 12.3 Å². The predicted octanol–water partition coefficient (Wildman–Crippen LogP) is 2.74. The molecule has 1 aromatic heterocycles. The zero-order valence-corrected chi connectivity index (χ0v) is 10.1. The maximum Gasteiger partial charge on any atom is 0.230 e. The van der Waals surface area contributed by atoms with Crippen LogP contribution < -0.4 is 10.5 Å². The van der Waals surface area contributed by atoms with Gasteiger partial charge in [-0.25, -0.2) is 13.8 Å². The Morgan fingerprint density at radius 3 is 2.74 bits per heavy atom. The Balaban J connectivity index is 2.46. The van der Waals surface area contributed by atoms with Crippen LogP contribution >= 0.6 is 0 Å². The van der Waals surface area contributed by atoms with Crippen LogP contribution in [0.2, 0.25) is 0 Å². The summed E-state index contributed by atoms with van der Waals surface area (Å²) in [4.78, 5) is 3.89. The number of hydrogen-bond acceptors (Lipinski definition) is 3. The minimum absolute atomic E-state index is 0.0306. The van der Waals surface area contributed by atoms with E-state index in [2.05, 4.69) is 4.98 Å². The van der Waals surface area contributed by atoms with Crippen molar-refractivity contribution < 1.29 is 13.5 Å². The van der Waals surface area contributed by atoms with Gasteiger partial charge in [0.25, 0.3) is 0 Å². The molecule has 0 amide bonds. The fourth-order valence-corrected chi connectivity index (χ4v) is 1.60. The van der Waals surface area contributed by atoms with Crippen LogP contribution in [0.5, 0.6) is 11.6 Å². The van der Waals surface area contributed by atoms with Crippen LogP contribution in [0.1, 0.15) is 11.1 Å². The molecule has 98 valence electrons. The Morgan fingerprint density at radius 1 is 1.32 bits per heavy atom. The van der Waals surface area contributed by atoms with Crippen molar-refractivity contribution >= 4 is 5.84 Å². The Labute approximate surface area is 108 Å². The van der Waals surface area contributed by atoms with Gasteiger partial charge < -0.3 is 10.5 Å². The van der Waals surface area contributed by atoms with Crippen molar-refractivity contribution in [1.29, 1.82) is 5.41 Å². The second kappa shape index (κ2) is 5.01. The summed E-state index contributed by atoms with van der Waals surface area (Å²) in [7, 11) is 0. The topological polar surface area (TPSA) is 72.0 Å². The number of rotatable bonds is 3. The summed E-state index contributed by atoms with van der Waals surface area (Å²) >= 11 is 0. The fraction of sp³-hybridized carbons (Fsp3) is 0.0769. The lowest BCUT2D eigenvalue weighted by Gasteiger charge is -2.11. The fourth-order valence-electron chi connectivity index (χ4n) is 1.60. The third kappa shape index (κ3) is 2.67. The van der Waals surface area contributed by atoms with E-state index in [1.807, 2.05) is 0 Å². The lowest BCUT2D eigenvalue weighted by Crippen LogP contribution is -2.15. The Kier molecular flexibility index (Phi) is 3.41. The minimum Gasteiger partial charge on any atom is -0.435 e. The number of nitrogens with one attached hydrogen (secondary N) is 1. The first-order chi connectivity index (χ1) is 8.99. The molecule has 0 saturated carbocycles. The number of amidine groups is 1. The maximum atomic E-state index is 13.5. The van der Waals surface area contributed by atoms with Crippen LogP contribution in [0.25, 0.3) is 0 Å². The lowest BCUT2D eigenvalue weighted by atomic mass is 10.1. The highest BCUT2D eigenvalue weighted by molar-refractivity contribution is 5.98. The third-order valence-corrected chi connectivity index (χ3v) is 2.49. The highest BCUT2D eigenvalue weighted by atomic mass is 19.1. The van der Waals surface area contributed by atoms with E-state index in [4.69, 9.17) is 15.9 Å². The zero-order valence-electron chi connectivity index (χ0n) is 10.1. The Hall–Kier alpha value is -2.50. The molecule has 0 aliphatic rings. The van der Waals surface area contributed by atoms with E-state index >= 15 is 0 Å². The van der Waals surface area contributed by atoms with Crippen LogP contribution in [0.15, 0.2) is 30.5 Å². The summed E-state index contributed by atoms with van der Waals surface area (Å²) < 4.78 is 31.8. The molecule has 0 bridgehead atoms. The van der Waals surface area contributed by atoms with E-state index in [0.717, 1.165) is 18.2 Å². The van der Waals surface area contributed by atoms with Gasteiger partial charge in [-0.2, -0.15) is 0 Å². The first-order valence-corrected chi connectivity index (χ1v) is 5.42. The van der Waals surface area contributed by atoms with Crippen LogP contribution in [-0.4, -0.2) is 10.8 Å². The molecule has 2 aromatic rings. The molecule has 0 aliphatic heterocycles. The maximum absolute atomic E-state index is 13.5. The summed E-state index contributed by atoms with van der Waals surface area (Å²) in [5, 5.41) is 7.47. The molecule has 1 heterocycles. The average molecular weight is 263 g/mol. The molecular formula is C13H11F2N3O. The number of ether oxygens (including phenoxy) is 1. The van der Waals surface area contributed by atoms with Crippen LogP contribution in [-0.2, 0) is 0 Å². The van der Waals surface area contributed by atoms with Gasteiger partial charge in [-0.3, -0.25) is 5.41 Å². The standard InChI is InChI=1S/C13H11F2N3O/c1-7-4-5-18-13(11(7)12(16)17)19-10-6-8(14)2-3-9(10)15/h2-6H,1H3,(H3,16,17). The Morgan fingerprint density at radius 2 is 2.05 bits per heavy atom. The third-order valence-electron chi connectivity index (χ3n) is 2.49. The molecule has 0 spiro atoms. The summed E-state index contributed by atoms with van der Waals surface area (Å²) in [5.41, 5.74) is 6.35. The molecule has 0 saturated heterocycles. The van der Waals surface area contributed by atoms with Crippen molar-refractivity contribution in [3.63, 3.8) is 0 Å². The first-order valence-electron chi connectivity index (χ1n) is 5.42. The molecule has 0 radical (unpaired) electrons. The number of nitrogens with two attached hydrogens (primary N) is 1. The SMILES string of the molecule is Cc1ccnc(Oc2cc(F)ccc2F)c1C(=N)N. The van der Waals surface area contributed by atoms with Gasteiger partial charge >= 0.3 is 0 Å². The number of halogens is 2.